The van der Waals surface area contributed by atoms with E-state index >= 15 is 0 Å². The number of anilines is 1. The van der Waals surface area contributed by atoms with Gasteiger partial charge >= 0.3 is 0 Å². The summed E-state index contributed by atoms with van der Waals surface area (Å²) < 4.78 is 0.527. The molecule has 0 aliphatic carbocycles. The monoisotopic (exact) mass is 297 g/mol. The van der Waals surface area contributed by atoms with E-state index in [1.54, 1.807) is 19.1 Å². The number of nitro groups is 1. The van der Waals surface area contributed by atoms with Crippen molar-refractivity contribution in [1.82, 2.24) is 0 Å². The van der Waals surface area contributed by atoms with Crippen LogP contribution in [0.4, 0.5) is 11.4 Å². The van der Waals surface area contributed by atoms with Crippen molar-refractivity contribution >= 4 is 33.2 Å². The molecule has 1 aromatic carbocycles. The SMILES string of the molecule is Cc1c(Br)cc(NC(=O)CC#N)cc1[N+](=O)[O-]. The average Bonchev–Trinajstić information content (AvgIpc) is 2.23. The quantitative estimate of drug-likeness (QED) is 0.685. The third-order valence-electron chi connectivity index (χ3n) is 2.04. The van der Waals surface area contributed by atoms with Crippen LogP contribution in [0.25, 0.3) is 0 Å². The van der Waals surface area contributed by atoms with E-state index < -0.39 is 10.8 Å². The number of nitriles is 1. The van der Waals surface area contributed by atoms with Gasteiger partial charge in [-0.1, -0.05) is 15.9 Å². The van der Waals surface area contributed by atoms with Gasteiger partial charge in [0.1, 0.15) is 6.42 Å². The fraction of sp³-hybridized carbons (Fsp3) is 0.200. The zero-order valence-electron chi connectivity index (χ0n) is 8.86. The lowest BCUT2D eigenvalue weighted by Crippen LogP contribution is -2.10. The van der Waals surface area contributed by atoms with Crippen molar-refractivity contribution in [2.75, 3.05) is 5.32 Å². The third kappa shape index (κ3) is 3.26. The Balaban J connectivity index is 3.07. The molecule has 88 valence electrons. The first-order valence-corrected chi connectivity index (χ1v) is 5.36. The molecule has 7 heteroatoms. The summed E-state index contributed by atoms with van der Waals surface area (Å²) in [5.74, 6) is -0.502. The Morgan fingerprint density at radius 2 is 2.29 bits per heavy atom. The topological polar surface area (TPSA) is 96.0 Å². The normalized spacial score (nSPS) is 9.47. The molecule has 0 bridgehead atoms. The molecule has 0 radical (unpaired) electrons. The van der Waals surface area contributed by atoms with Crippen molar-refractivity contribution in [3.63, 3.8) is 0 Å². The highest BCUT2D eigenvalue weighted by Gasteiger charge is 2.15. The Kier molecular flexibility index (Phi) is 4.17. The summed E-state index contributed by atoms with van der Waals surface area (Å²) in [7, 11) is 0. The number of carbonyl (C=O) groups excluding carboxylic acids is 1. The van der Waals surface area contributed by atoms with E-state index in [9.17, 15) is 14.9 Å². The molecule has 0 aliphatic rings. The predicted octanol–water partition coefficient (Wildman–Crippen LogP) is 2.52. The van der Waals surface area contributed by atoms with Gasteiger partial charge in [-0.05, 0) is 13.0 Å². The molecule has 0 spiro atoms. The maximum atomic E-state index is 11.2. The Labute approximate surface area is 106 Å². The minimum absolute atomic E-state index is 0.0911. The summed E-state index contributed by atoms with van der Waals surface area (Å²) in [5.41, 5.74) is 0.675. The van der Waals surface area contributed by atoms with Crippen LogP contribution < -0.4 is 5.32 Å². The molecule has 6 nitrogen and oxygen atoms in total. The van der Waals surface area contributed by atoms with Gasteiger partial charge in [0, 0.05) is 21.8 Å². The van der Waals surface area contributed by atoms with Gasteiger partial charge in [-0.2, -0.15) is 5.26 Å². The van der Waals surface area contributed by atoms with Crippen LogP contribution >= 0.6 is 15.9 Å². The number of nitrogens with one attached hydrogen (secondary N) is 1. The second-order valence-corrected chi connectivity index (χ2v) is 4.10. The lowest BCUT2D eigenvalue weighted by molar-refractivity contribution is -0.385. The van der Waals surface area contributed by atoms with Crippen LogP contribution in [-0.2, 0) is 4.79 Å². The molecule has 0 heterocycles. The van der Waals surface area contributed by atoms with E-state index in [0.717, 1.165) is 0 Å². The molecule has 0 aliphatic heterocycles. The maximum absolute atomic E-state index is 11.2. The van der Waals surface area contributed by atoms with Gasteiger partial charge in [-0.25, -0.2) is 0 Å². The standard InChI is InChI=1S/C10H8BrN3O3/c1-6-8(11)4-7(5-9(6)14(16)17)13-10(15)2-3-12/h4-5H,2H2,1H3,(H,13,15). The van der Waals surface area contributed by atoms with Gasteiger partial charge < -0.3 is 5.32 Å². The van der Waals surface area contributed by atoms with E-state index in [1.165, 1.54) is 6.07 Å². The van der Waals surface area contributed by atoms with Crippen molar-refractivity contribution in [2.24, 2.45) is 0 Å². The van der Waals surface area contributed by atoms with Gasteiger partial charge in [0.2, 0.25) is 5.91 Å². The molecule has 1 aromatic rings. The lowest BCUT2D eigenvalue weighted by Gasteiger charge is -2.06. The molecule has 0 aromatic heterocycles. The highest BCUT2D eigenvalue weighted by Crippen LogP contribution is 2.30. The number of halogens is 1. The second kappa shape index (κ2) is 5.41. The highest BCUT2D eigenvalue weighted by atomic mass is 79.9. The Morgan fingerprint density at radius 1 is 1.65 bits per heavy atom. The fourth-order valence-corrected chi connectivity index (χ4v) is 1.65. The molecule has 0 atom stereocenters. The Bertz CT molecular complexity index is 522. The summed E-state index contributed by atoms with van der Waals surface area (Å²) in [6.45, 7) is 1.60. The van der Waals surface area contributed by atoms with E-state index in [2.05, 4.69) is 21.2 Å². The lowest BCUT2D eigenvalue weighted by atomic mass is 10.2. The largest absolute Gasteiger partial charge is 0.325 e. The summed E-state index contributed by atoms with van der Waals surface area (Å²) in [5, 5.41) is 21.5. The molecule has 0 saturated heterocycles. The third-order valence-corrected chi connectivity index (χ3v) is 2.86. The van der Waals surface area contributed by atoms with Crippen LogP contribution in [-0.4, -0.2) is 10.8 Å². The number of hydrogen-bond donors (Lipinski definition) is 1. The van der Waals surface area contributed by atoms with Crippen LogP contribution in [0.3, 0.4) is 0 Å². The number of carbonyl (C=O) groups is 1. The van der Waals surface area contributed by atoms with Crippen molar-refractivity contribution in [2.45, 2.75) is 13.3 Å². The smallest absolute Gasteiger partial charge is 0.275 e. The maximum Gasteiger partial charge on any atom is 0.275 e. The zero-order chi connectivity index (χ0) is 13.0. The van der Waals surface area contributed by atoms with E-state index in [0.29, 0.717) is 10.0 Å². The predicted molar refractivity (Wildman–Crippen MR) is 64.4 cm³/mol. The molecule has 0 unspecified atom stereocenters. The molecule has 0 saturated carbocycles. The van der Waals surface area contributed by atoms with Gasteiger partial charge in [-0.15, -0.1) is 0 Å². The number of nitro benzene ring substituents is 1. The van der Waals surface area contributed by atoms with Crippen LogP contribution in [0, 0.1) is 28.4 Å². The number of hydrogen-bond acceptors (Lipinski definition) is 4. The van der Waals surface area contributed by atoms with E-state index in [-0.39, 0.29) is 17.8 Å². The van der Waals surface area contributed by atoms with Crippen molar-refractivity contribution in [1.29, 1.82) is 5.26 Å². The van der Waals surface area contributed by atoms with Crippen LogP contribution in [0.1, 0.15) is 12.0 Å². The zero-order valence-corrected chi connectivity index (χ0v) is 10.4. The van der Waals surface area contributed by atoms with Gasteiger partial charge in [-0.3, -0.25) is 14.9 Å². The number of benzene rings is 1. The number of nitrogens with zero attached hydrogens (tertiary/aromatic N) is 2. The highest BCUT2D eigenvalue weighted by molar-refractivity contribution is 9.10. The molecule has 1 rings (SSSR count). The van der Waals surface area contributed by atoms with Crippen LogP contribution in [0.15, 0.2) is 16.6 Å². The number of amides is 1. The first-order valence-electron chi connectivity index (χ1n) is 4.57. The fourth-order valence-electron chi connectivity index (χ4n) is 1.20. The van der Waals surface area contributed by atoms with Gasteiger partial charge in [0.05, 0.1) is 11.0 Å². The summed E-state index contributed by atoms with van der Waals surface area (Å²) in [6.07, 6.45) is -0.292. The van der Waals surface area contributed by atoms with Crippen molar-refractivity contribution < 1.29 is 9.72 Å². The van der Waals surface area contributed by atoms with Gasteiger partial charge in [0.25, 0.3) is 5.69 Å². The van der Waals surface area contributed by atoms with Crippen LogP contribution in [0.5, 0.6) is 0 Å². The minimum Gasteiger partial charge on any atom is -0.325 e. The summed E-state index contributed by atoms with van der Waals surface area (Å²) in [6, 6.07) is 4.51. The second-order valence-electron chi connectivity index (χ2n) is 3.24. The first-order chi connectivity index (χ1) is 7.95. The van der Waals surface area contributed by atoms with Crippen LogP contribution in [0.2, 0.25) is 0 Å². The molecular formula is C10H8BrN3O3. The first kappa shape index (κ1) is 13.1. The molecular weight excluding hydrogens is 290 g/mol. The van der Waals surface area contributed by atoms with E-state index in [1.807, 2.05) is 0 Å². The molecule has 1 N–H and O–H groups in total. The summed E-state index contributed by atoms with van der Waals surface area (Å²) >= 11 is 3.17. The van der Waals surface area contributed by atoms with Crippen molar-refractivity contribution in [3.05, 3.63) is 32.3 Å². The Hall–Kier alpha value is -1.94. The molecule has 0 fully saturated rings. The summed E-state index contributed by atoms with van der Waals surface area (Å²) in [4.78, 5) is 21.4. The Morgan fingerprint density at radius 3 is 2.82 bits per heavy atom. The van der Waals surface area contributed by atoms with Crippen molar-refractivity contribution in [3.8, 4) is 6.07 Å². The van der Waals surface area contributed by atoms with E-state index in [4.69, 9.17) is 5.26 Å². The minimum atomic E-state index is -0.528. The van der Waals surface area contributed by atoms with Gasteiger partial charge in [0.15, 0.2) is 0 Å². The number of rotatable bonds is 3. The molecule has 1 amide bonds. The molecule has 17 heavy (non-hydrogen) atoms. The average molecular weight is 298 g/mol.